The SMILES string of the molecule is O=C(Nc1ccc(Br)nc1)C1COCCN1. The Labute approximate surface area is 102 Å². The molecule has 1 saturated heterocycles. The first-order valence-corrected chi connectivity index (χ1v) is 5.78. The maximum Gasteiger partial charge on any atom is 0.243 e. The zero-order valence-corrected chi connectivity index (χ0v) is 10.2. The molecule has 0 saturated carbocycles. The van der Waals surface area contributed by atoms with Crippen molar-refractivity contribution in [2.45, 2.75) is 6.04 Å². The Morgan fingerprint density at radius 1 is 1.62 bits per heavy atom. The second kappa shape index (κ2) is 5.38. The number of nitrogens with zero attached hydrogens (tertiary/aromatic N) is 1. The van der Waals surface area contributed by atoms with Crippen molar-refractivity contribution in [1.29, 1.82) is 0 Å². The third-order valence-corrected chi connectivity index (χ3v) is 2.70. The van der Waals surface area contributed by atoms with E-state index in [9.17, 15) is 4.79 Å². The highest BCUT2D eigenvalue weighted by Crippen LogP contribution is 2.10. The number of ether oxygens (including phenoxy) is 1. The quantitative estimate of drug-likeness (QED) is 0.788. The maximum absolute atomic E-state index is 11.8. The van der Waals surface area contributed by atoms with Crippen molar-refractivity contribution in [2.75, 3.05) is 25.1 Å². The van der Waals surface area contributed by atoms with Gasteiger partial charge in [-0.25, -0.2) is 4.98 Å². The second-order valence-corrected chi connectivity index (χ2v) is 4.25. The van der Waals surface area contributed by atoms with E-state index in [-0.39, 0.29) is 11.9 Å². The van der Waals surface area contributed by atoms with Crippen LogP contribution in [0.5, 0.6) is 0 Å². The van der Waals surface area contributed by atoms with Gasteiger partial charge in [0.2, 0.25) is 5.91 Å². The van der Waals surface area contributed by atoms with E-state index >= 15 is 0 Å². The molecule has 1 aromatic rings. The van der Waals surface area contributed by atoms with Crippen LogP contribution in [0.25, 0.3) is 0 Å². The Balaban J connectivity index is 1.93. The fraction of sp³-hybridized carbons (Fsp3) is 0.400. The number of rotatable bonds is 2. The molecule has 1 amide bonds. The van der Waals surface area contributed by atoms with Gasteiger partial charge in [0.1, 0.15) is 10.6 Å². The molecule has 1 atom stereocenters. The Bertz CT molecular complexity index is 363. The van der Waals surface area contributed by atoms with Gasteiger partial charge >= 0.3 is 0 Å². The Morgan fingerprint density at radius 2 is 2.50 bits per heavy atom. The van der Waals surface area contributed by atoms with E-state index in [1.807, 2.05) is 0 Å². The van der Waals surface area contributed by atoms with E-state index < -0.39 is 0 Å². The summed E-state index contributed by atoms with van der Waals surface area (Å²) in [6, 6.07) is 3.29. The fourth-order valence-electron chi connectivity index (χ4n) is 1.41. The molecule has 5 nitrogen and oxygen atoms in total. The van der Waals surface area contributed by atoms with Crippen LogP contribution >= 0.6 is 15.9 Å². The Kier molecular flexibility index (Phi) is 3.87. The number of pyridine rings is 1. The number of aromatic nitrogens is 1. The maximum atomic E-state index is 11.8. The number of carbonyl (C=O) groups is 1. The van der Waals surface area contributed by atoms with Gasteiger partial charge in [0.25, 0.3) is 0 Å². The normalized spacial score (nSPS) is 20.4. The summed E-state index contributed by atoms with van der Waals surface area (Å²) in [5.74, 6) is -0.0937. The predicted molar refractivity (Wildman–Crippen MR) is 63.2 cm³/mol. The lowest BCUT2D eigenvalue weighted by Crippen LogP contribution is -2.48. The third-order valence-electron chi connectivity index (χ3n) is 2.23. The number of halogens is 1. The molecule has 0 aromatic carbocycles. The molecule has 1 unspecified atom stereocenters. The van der Waals surface area contributed by atoms with E-state index in [0.29, 0.717) is 25.4 Å². The number of carbonyl (C=O) groups excluding carboxylic acids is 1. The van der Waals surface area contributed by atoms with Crippen LogP contribution in [0.3, 0.4) is 0 Å². The summed E-state index contributed by atoms with van der Waals surface area (Å²) >= 11 is 3.23. The van der Waals surface area contributed by atoms with Gasteiger partial charge in [0.05, 0.1) is 25.1 Å². The molecule has 0 bridgehead atoms. The summed E-state index contributed by atoms with van der Waals surface area (Å²) in [6.45, 7) is 1.77. The molecular formula is C10H12BrN3O2. The smallest absolute Gasteiger partial charge is 0.243 e. The number of morpholine rings is 1. The molecular weight excluding hydrogens is 274 g/mol. The lowest BCUT2D eigenvalue weighted by atomic mass is 10.2. The van der Waals surface area contributed by atoms with Crippen LogP contribution in [0.15, 0.2) is 22.9 Å². The average Bonchev–Trinajstić information content (AvgIpc) is 2.33. The van der Waals surface area contributed by atoms with Crippen molar-refractivity contribution < 1.29 is 9.53 Å². The van der Waals surface area contributed by atoms with Gasteiger partial charge in [-0.05, 0) is 28.1 Å². The molecule has 16 heavy (non-hydrogen) atoms. The highest BCUT2D eigenvalue weighted by Gasteiger charge is 2.20. The standard InChI is InChI=1S/C10H12BrN3O2/c11-9-2-1-7(5-13-9)14-10(15)8-6-16-4-3-12-8/h1-2,5,8,12H,3-4,6H2,(H,14,15). The highest BCUT2D eigenvalue weighted by molar-refractivity contribution is 9.10. The second-order valence-electron chi connectivity index (χ2n) is 3.44. The number of hydrogen-bond donors (Lipinski definition) is 2. The first kappa shape index (κ1) is 11.5. The van der Waals surface area contributed by atoms with Crippen LogP contribution in [-0.2, 0) is 9.53 Å². The molecule has 2 N–H and O–H groups in total. The highest BCUT2D eigenvalue weighted by atomic mass is 79.9. The van der Waals surface area contributed by atoms with Crippen molar-refractivity contribution in [1.82, 2.24) is 10.3 Å². The topological polar surface area (TPSA) is 63.2 Å². The first-order chi connectivity index (χ1) is 7.75. The van der Waals surface area contributed by atoms with Crippen molar-refractivity contribution in [2.24, 2.45) is 0 Å². The van der Waals surface area contributed by atoms with Crippen LogP contribution in [0.1, 0.15) is 0 Å². The van der Waals surface area contributed by atoms with Gasteiger partial charge in [-0.15, -0.1) is 0 Å². The van der Waals surface area contributed by atoms with Crippen LogP contribution in [0.4, 0.5) is 5.69 Å². The lowest BCUT2D eigenvalue weighted by Gasteiger charge is -2.22. The summed E-state index contributed by atoms with van der Waals surface area (Å²) in [5, 5.41) is 5.86. The summed E-state index contributed by atoms with van der Waals surface area (Å²) in [6.07, 6.45) is 1.60. The zero-order valence-electron chi connectivity index (χ0n) is 8.57. The zero-order chi connectivity index (χ0) is 11.4. The van der Waals surface area contributed by atoms with Gasteiger partial charge in [0, 0.05) is 6.54 Å². The minimum absolute atomic E-state index is 0.0937. The van der Waals surface area contributed by atoms with Crippen LogP contribution < -0.4 is 10.6 Å². The molecule has 1 fully saturated rings. The number of nitrogens with one attached hydrogen (secondary N) is 2. The third kappa shape index (κ3) is 3.01. The van der Waals surface area contributed by atoms with Gasteiger partial charge in [-0.2, -0.15) is 0 Å². The van der Waals surface area contributed by atoms with E-state index in [1.165, 1.54) is 0 Å². The van der Waals surface area contributed by atoms with Crippen LogP contribution in [0, 0.1) is 0 Å². The van der Waals surface area contributed by atoms with Crippen LogP contribution in [0.2, 0.25) is 0 Å². The van der Waals surface area contributed by atoms with Crippen LogP contribution in [-0.4, -0.2) is 36.7 Å². The number of amides is 1. The van der Waals surface area contributed by atoms with Crippen molar-refractivity contribution in [3.05, 3.63) is 22.9 Å². The van der Waals surface area contributed by atoms with Crippen molar-refractivity contribution in [3.8, 4) is 0 Å². The largest absolute Gasteiger partial charge is 0.378 e. The molecule has 1 aromatic heterocycles. The monoisotopic (exact) mass is 285 g/mol. The molecule has 1 aliphatic rings. The number of anilines is 1. The molecule has 0 aliphatic carbocycles. The summed E-state index contributed by atoms with van der Waals surface area (Å²) < 4.78 is 5.95. The van der Waals surface area contributed by atoms with E-state index in [0.717, 1.165) is 4.60 Å². The van der Waals surface area contributed by atoms with Gasteiger partial charge < -0.3 is 15.4 Å². The number of hydrogen-bond acceptors (Lipinski definition) is 4. The minimum Gasteiger partial charge on any atom is -0.378 e. The molecule has 0 spiro atoms. The van der Waals surface area contributed by atoms with Gasteiger partial charge in [-0.1, -0.05) is 0 Å². The van der Waals surface area contributed by atoms with Crippen molar-refractivity contribution >= 4 is 27.5 Å². The molecule has 86 valence electrons. The fourth-order valence-corrected chi connectivity index (χ4v) is 1.65. The van der Waals surface area contributed by atoms with E-state index in [4.69, 9.17) is 4.74 Å². The molecule has 0 radical (unpaired) electrons. The molecule has 1 aliphatic heterocycles. The minimum atomic E-state index is -0.280. The van der Waals surface area contributed by atoms with Gasteiger partial charge in [0.15, 0.2) is 0 Å². The molecule has 6 heteroatoms. The Hall–Kier alpha value is -0.980. The van der Waals surface area contributed by atoms with Gasteiger partial charge in [-0.3, -0.25) is 4.79 Å². The Morgan fingerprint density at radius 3 is 3.12 bits per heavy atom. The molecule has 2 heterocycles. The van der Waals surface area contributed by atoms with Crippen molar-refractivity contribution in [3.63, 3.8) is 0 Å². The molecule has 2 rings (SSSR count). The van der Waals surface area contributed by atoms with E-state index in [1.54, 1.807) is 18.3 Å². The van der Waals surface area contributed by atoms with E-state index in [2.05, 4.69) is 31.5 Å². The lowest BCUT2D eigenvalue weighted by molar-refractivity contribution is -0.120. The summed E-state index contributed by atoms with van der Waals surface area (Å²) in [7, 11) is 0. The predicted octanol–water partition coefficient (Wildman–Crippen LogP) is 0.771. The summed E-state index contributed by atoms with van der Waals surface area (Å²) in [5.41, 5.74) is 0.681. The average molecular weight is 286 g/mol. The summed E-state index contributed by atoms with van der Waals surface area (Å²) in [4.78, 5) is 15.8. The first-order valence-electron chi connectivity index (χ1n) is 4.99.